The molecule has 0 unspecified atom stereocenters. The Morgan fingerprint density at radius 1 is 1.33 bits per heavy atom. The molecule has 0 bridgehead atoms. The minimum absolute atomic E-state index is 0.0392. The lowest BCUT2D eigenvalue weighted by Gasteiger charge is -2.26. The van der Waals surface area contributed by atoms with Gasteiger partial charge in [0.1, 0.15) is 18.0 Å². The van der Waals surface area contributed by atoms with E-state index in [9.17, 15) is 12.8 Å². The van der Waals surface area contributed by atoms with Crippen molar-refractivity contribution in [3.05, 3.63) is 41.7 Å². The Morgan fingerprint density at radius 3 is 2.90 bits per heavy atom. The molecule has 1 aliphatic rings. The molecule has 3 rings (SSSR count). The summed E-state index contributed by atoms with van der Waals surface area (Å²) in [5.74, 6) is 0.0841. The summed E-state index contributed by atoms with van der Waals surface area (Å²) in [4.78, 5) is 0.0392. The highest BCUT2D eigenvalue weighted by Gasteiger charge is 2.29. The topological polar surface area (TPSA) is 94.1 Å². The van der Waals surface area contributed by atoms with Crippen LogP contribution in [-0.2, 0) is 29.7 Å². The Labute approximate surface area is 121 Å². The number of fused-ring (bicyclic) bond motifs is 1. The van der Waals surface area contributed by atoms with Crippen molar-refractivity contribution < 1.29 is 12.8 Å². The predicted octanol–water partition coefficient (Wildman–Crippen LogP) is 0.0804. The van der Waals surface area contributed by atoms with Crippen LogP contribution in [0.2, 0.25) is 0 Å². The van der Waals surface area contributed by atoms with E-state index < -0.39 is 15.8 Å². The Bertz CT molecular complexity index is 774. The molecular formula is C12H14FN5O2S. The fraction of sp³-hybridized carbons (Fsp3) is 0.333. The number of sulfonamides is 1. The molecule has 0 saturated carbocycles. The maximum atomic E-state index is 13.4. The van der Waals surface area contributed by atoms with E-state index >= 15 is 0 Å². The Hall–Kier alpha value is -1.84. The number of hydrogen-bond acceptors (Lipinski definition) is 5. The first kappa shape index (κ1) is 14.1. The zero-order valence-corrected chi connectivity index (χ0v) is 11.9. The van der Waals surface area contributed by atoms with Gasteiger partial charge in [0.2, 0.25) is 10.0 Å². The van der Waals surface area contributed by atoms with Gasteiger partial charge in [0, 0.05) is 25.2 Å². The fourth-order valence-electron chi connectivity index (χ4n) is 2.27. The quantitative estimate of drug-likeness (QED) is 0.866. The lowest BCUT2D eigenvalue weighted by molar-refractivity contribution is 0.335. The van der Waals surface area contributed by atoms with Gasteiger partial charge in [0.25, 0.3) is 0 Å². The number of nitrogens with zero attached hydrogens (tertiary/aromatic N) is 4. The van der Waals surface area contributed by atoms with E-state index in [0.29, 0.717) is 18.9 Å². The van der Waals surface area contributed by atoms with Gasteiger partial charge in [-0.25, -0.2) is 12.8 Å². The standard InChI is InChI=1S/C12H14FN5O2S/c13-11-2-1-10(5-9(11)6-14)21(19,20)18-4-3-17-8-15-16-12(17)7-18/h1-2,5,8H,3-4,6-7,14H2. The van der Waals surface area contributed by atoms with Crippen LogP contribution in [0.15, 0.2) is 29.4 Å². The minimum Gasteiger partial charge on any atom is -0.326 e. The van der Waals surface area contributed by atoms with Gasteiger partial charge in [-0.3, -0.25) is 0 Å². The number of benzene rings is 1. The summed E-state index contributed by atoms with van der Waals surface area (Å²) in [5, 5.41) is 7.65. The van der Waals surface area contributed by atoms with Crippen molar-refractivity contribution in [2.24, 2.45) is 5.73 Å². The predicted molar refractivity (Wildman–Crippen MR) is 71.9 cm³/mol. The number of hydrogen-bond donors (Lipinski definition) is 1. The summed E-state index contributed by atoms with van der Waals surface area (Å²) in [7, 11) is -3.70. The molecule has 112 valence electrons. The van der Waals surface area contributed by atoms with Crippen LogP contribution < -0.4 is 5.73 Å². The normalized spacial score (nSPS) is 15.9. The van der Waals surface area contributed by atoms with Crippen molar-refractivity contribution in [3.63, 3.8) is 0 Å². The first-order valence-corrected chi connectivity index (χ1v) is 7.81. The van der Waals surface area contributed by atoms with Crippen LogP contribution in [0.25, 0.3) is 0 Å². The molecule has 0 aliphatic carbocycles. The average Bonchev–Trinajstić information content (AvgIpc) is 2.94. The van der Waals surface area contributed by atoms with Crippen LogP contribution in [0.5, 0.6) is 0 Å². The Morgan fingerprint density at radius 2 is 2.14 bits per heavy atom. The van der Waals surface area contributed by atoms with E-state index in [-0.39, 0.29) is 23.5 Å². The number of rotatable bonds is 3. The third-order valence-corrected chi connectivity index (χ3v) is 5.32. The summed E-state index contributed by atoms with van der Waals surface area (Å²) in [6.45, 7) is 0.913. The Kier molecular flexibility index (Phi) is 3.47. The van der Waals surface area contributed by atoms with Crippen LogP contribution in [0.1, 0.15) is 11.4 Å². The maximum absolute atomic E-state index is 13.4. The number of aromatic nitrogens is 3. The molecule has 1 aromatic carbocycles. The highest BCUT2D eigenvalue weighted by atomic mass is 32.2. The molecule has 2 heterocycles. The third-order valence-electron chi connectivity index (χ3n) is 3.48. The largest absolute Gasteiger partial charge is 0.326 e. The molecule has 1 aromatic heterocycles. The second-order valence-corrected chi connectivity index (χ2v) is 6.67. The molecule has 7 nitrogen and oxygen atoms in total. The van der Waals surface area contributed by atoms with Crippen molar-refractivity contribution in [2.45, 2.75) is 24.5 Å². The SMILES string of the molecule is NCc1cc(S(=O)(=O)N2CCn3cnnc3C2)ccc1F. The highest BCUT2D eigenvalue weighted by Crippen LogP contribution is 2.22. The number of nitrogens with two attached hydrogens (primary N) is 1. The van der Waals surface area contributed by atoms with Crippen molar-refractivity contribution in [2.75, 3.05) is 6.54 Å². The zero-order valence-electron chi connectivity index (χ0n) is 11.1. The molecule has 1 aliphatic heterocycles. The average molecular weight is 311 g/mol. The van der Waals surface area contributed by atoms with Crippen LogP contribution >= 0.6 is 0 Å². The highest BCUT2D eigenvalue weighted by molar-refractivity contribution is 7.89. The molecular weight excluding hydrogens is 297 g/mol. The molecule has 0 saturated heterocycles. The van der Waals surface area contributed by atoms with Crippen LogP contribution in [0.4, 0.5) is 4.39 Å². The molecule has 9 heteroatoms. The van der Waals surface area contributed by atoms with Gasteiger partial charge < -0.3 is 10.3 Å². The van der Waals surface area contributed by atoms with Crippen molar-refractivity contribution in [1.82, 2.24) is 19.1 Å². The smallest absolute Gasteiger partial charge is 0.243 e. The van der Waals surface area contributed by atoms with Gasteiger partial charge in [-0.05, 0) is 18.2 Å². The third kappa shape index (κ3) is 2.43. The van der Waals surface area contributed by atoms with E-state index in [1.807, 2.05) is 4.57 Å². The molecule has 0 radical (unpaired) electrons. The van der Waals surface area contributed by atoms with Gasteiger partial charge in [0.05, 0.1) is 11.4 Å². The number of halogens is 1. The lowest BCUT2D eigenvalue weighted by atomic mass is 10.2. The molecule has 0 spiro atoms. The Balaban J connectivity index is 1.94. The van der Waals surface area contributed by atoms with E-state index in [0.717, 1.165) is 6.07 Å². The van der Waals surface area contributed by atoms with Crippen molar-refractivity contribution in [1.29, 1.82) is 0 Å². The molecule has 21 heavy (non-hydrogen) atoms. The summed E-state index contributed by atoms with van der Waals surface area (Å²) in [6.07, 6.45) is 1.57. The van der Waals surface area contributed by atoms with E-state index in [1.165, 1.54) is 16.4 Å². The second kappa shape index (κ2) is 5.17. The van der Waals surface area contributed by atoms with Crippen LogP contribution in [0.3, 0.4) is 0 Å². The zero-order chi connectivity index (χ0) is 15.0. The van der Waals surface area contributed by atoms with Crippen LogP contribution in [-0.4, -0.2) is 34.0 Å². The molecule has 0 amide bonds. The lowest BCUT2D eigenvalue weighted by Crippen LogP contribution is -2.38. The molecule has 2 N–H and O–H groups in total. The molecule has 0 fully saturated rings. The van der Waals surface area contributed by atoms with Gasteiger partial charge in [-0.1, -0.05) is 0 Å². The first-order chi connectivity index (χ1) is 10.0. The van der Waals surface area contributed by atoms with Crippen molar-refractivity contribution >= 4 is 10.0 Å². The summed E-state index contributed by atoms with van der Waals surface area (Å²) >= 11 is 0. The second-order valence-electron chi connectivity index (χ2n) is 4.74. The monoisotopic (exact) mass is 311 g/mol. The van der Waals surface area contributed by atoms with E-state index in [1.54, 1.807) is 6.33 Å². The molecule has 0 atom stereocenters. The minimum atomic E-state index is -3.70. The summed E-state index contributed by atoms with van der Waals surface area (Å²) in [5.41, 5.74) is 5.60. The molecule has 2 aromatic rings. The van der Waals surface area contributed by atoms with Crippen molar-refractivity contribution in [3.8, 4) is 0 Å². The van der Waals surface area contributed by atoms with Gasteiger partial charge in [0.15, 0.2) is 0 Å². The van der Waals surface area contributed by atoms with Gasteiger partial charge >= 0.3 is 0 Å². The maximum Gasteiger partial charge on any atom is 0.243 e. The summed E-state index contributed by atoms with van der Waals surface area (Å²) in [6, 6.07) is 3.66. The van der Waals surface area contributed by atoms with Crippen LogP contribution in [0, 0.1) is 5.82 Å². The van der Waals surface area contributed by atoms with E-state index in [4.69, 9.17) is 5.73 Å². The first-order valence-electron chi connectivity index (χ1n) is 6.37. The van der Waals surface area contributed by atoms with E-state index in [2.05, 4.69) is 10.2 Å². The fourth-order valence-corrected chi connectivity index (χ4v) is 3.70. The summed E-state index contributed by atoms with van der Waals surface area (Å²) < 4.78 is 41.8. The van der Waals surface area contributed by atoms with Gasteiger partial charge in [-0.2, -0.15) is 4.31 Å². The van der Waals surface area contributed by atoms with Gasteiger partial charge in [-0.15, -0.1) is 10.2 Å².